The highest BCUT2D eigenvalue weighted by Gasteiger charge is 2.29. The molecule has 1 heterocycles. The Morgan fingerprint density at radius 3 is 2.19 bits per heavy atom. The number of aliphatic hydroxyl groups is 1. The van der Waals surface area contributed by atoms with Gasteiger partial charge in [0.05, 0.1) is 24.5 Å². The van der Waals surface area contributed by atoms with E-state index in [9.17, 15) is 19.5 Å². The summed E-state index contributed by atoms with van der Waals surface area (Å²) < 4.78 is 5.86. The average molecular weight is 575 g/mol. The topological polar surface area (TPSA) is 95.9 Å². The summed E-state index contributed by atoms with van der Waals surface area (Å²) in [5.41, 5.74) is 2.05. The van der Waals surface area contributed by atoms with Crippen LogP contribution in [0.25, 0.3) is 0 Å². The predicted molar refractivity (Wildman–Crippen MR) is 163 cm³/mol. The van der Waals surface area contributed by atoms with E-state index in [0.29, 0.717) is 31.7 Å². The Bertz CT molecular complexity index is 1150. The number of rotatable bonds is 10. The molecule has 2 aromatic rings. The summed E-state index contributed by atoms with van der Waals surface area (Å²) in [7, 11) is 0. The Labute approximate surface area is 250 Å². The molecule has 1 aliphatic carbocycles. The lowest BCUT2D eigenvalue weighted by Crippen LogP contribution is -2.45. The van der Waals surface area contributed by atoms with Crippen LogP contribution in [-0.2, 0) is 32.1 Å². The van der Waals surface area contributed by atoms with Crippen molar-refractivity contribution in [2.75, 3.05) is 19.8 Å². The summed E-state index contributed by atoms with van der Waals surface area (Å²) in [6.45, 7) is 0.583. The summed E-state index contributed by atoms with van der Waals surface area (Å²) in [5.74, 6) is -0.969. The number of ether oxygens (including phenoxy) is 1. The van der Waals surface area contributed by atoms with Crippen molar-refractivity contribution in [3.63, 3.8) is 0 Å². The maximum Gasteiger partial charge on any atom is 0.309 e. The molecule has 4 rings (SSSR count). The maximum atomic E-state index is 13.6. The molecule has 42 heavy (non-hydrogen) atoms. The number of amides is 2. The molecule has 0 radical (unpaired) electrons. The average Bonchev–Trinajstić information content (AvgIpc) is 3.01. The van der Waals surface area contributed by atoms with Crippen LogP contribution in [0.15, 0.2) is 72.8 Å². The quantitative estimate of drug-likeness (QED) is 0.300. The van der Waals surface area contributed by atoms with Crippen LogP contribution in [0.1, 0.15) is 68.9 Å². The molecule has 7 nitrogen and oxygen atoms in total. The highest BCUT2D eigenvalue weighted by Crippen LogP contribution is 2.28. The third-order valence-corrected chi connectivity index (χ3v) is 8.51. The van der Waals surface area contributed by atoms with E-state index >= 15 is 0 Å². The van der Waals surface area contributed by atoms with Gasteiger partial charge in [0.25, 0.3) is 0 Å². The maximum absolute atomic E-state index is 13.6. The zero-order valence-corrected chi connectivity index (χ0v) is 24.7. The molecule has 3 atom stereocenters. The summed E-state index contributed by atoms with van der Waals surface area (Å²) in [6, 6.07) is 19.3. The van der Waals surface area contributed by atoms with E-state index in [4.69, 9.17) is 4.74 Å². The second-order valence-corrected chi connectivity index (χ2v) is 11.8. The fourth-order valence-corrected chi connectivity index (χ4v) is 6.14. The van der Waals surface area contributed by atoms with Crippen molar-refractivity contribution >= 4 is 17.8 Å². The van der Waals surface area contributed by atoms with Crippen LogP contribution in [0.5, 0.6) is 0 Å². The van der Waals surface area contributed by atoms with Gasteiger partial charge in [0.1, 0.15) is 6.61 Å². The molecule has 2 N–H and O–H groups in total. The smallest absolute Gasteiger partial charge is 0.309 e. The lowest BCUT2D eigenvalue weighted by atomic mass is 9.84. The molecule has 2 aromatic carbocycles. The minimum absolute atomic E-state index is 0.0480. The number of esters is 1. The van der Waals surface area contributed by atoms with Crippen LogP contribution in [0.4, 0.5) is 0 Å². The van der Waals surface area contributed by atoms with E-state index in [1.165, 1.54) is 19.3 Å². The second-order valence-electron chi connectivity index (χ2n) is 11.8. The third-order valence-electron chi connectivity index (χ3n) is 8.51. The van der Waals surface area contributed by atoms with Crippen molar-refractivity contribution in [1.82, 2.24) is 10.2 Å². The minimum Gasteiger partial charge on any atom is -0.463 e. The van der Waals surface area contributed by atoms with Crippen LogP contribution in [0.2, 0.25) is 0 Å². The molecule has 0 bridgehead atoms. The monoisotopic (exact) mass is 574 g/mol. The Morgan fingerprint density at radius 1 is 0.881 bits per heavy atom. The number of cyclic esters (lactones) is 1. The van der Waals surface area contributed by atoms with Crippen LogP contribution in [-0.4, -0.2) is 53.6 Å². The first-order chi connectivity index (χ1) is 20.5. The molecule has 1 saturated carbocycles. The lowest BCUT2D eigenvalue weighted by Gasteiger charge is -2.29. The number of carbonyl (C=O) groups is 3. The number of hydrogen-bond donors (Lipinski definition) is 2. The predicted octanol–water partition coefficient (Wildman–Crippen LogP) is 5.22. The largest absolute Gasteiger partial charge is 0.463 e. The van der Waals surface area contributed by atoms with Crippen molar-refractivity contribution in [3.05, 3.63) is 83.9 Å². The summed E-state index contributed by atoms with van der Waals surface area (Å²) in [6.07, 6.45) is 12.0. The van der Waals surface area contributed by atoms with Gasteiger partial charge in [-0.25, -0.2) is 0 Å². The highest BCUT2D eigenvalue weighted by molar-refractivity contribution is 5.86. The Balaban J connectivity index is 1.50. The number of aliphatic hydroxyl groups excluding tert-OH is 1. The fraction of sp³-hybridized carbons (Fsp3) is 0.514. The molecular weight excluding hydrogens is 528 g/mol. The van der Waals surface area contributed by atoms with Gasteiger partial charge in [-0.3, -0.25) is 14.4 Å². The molecule has 7 heteroatoms. The summed E-state index contributed by atoms with van der Waals surface area (Å²) >= 11 is 0. The summed E-state index contributed by atoms with van der Waals surface area (Å²) in [4.78, 5) is 41.9. The Kier molecular flexibility index (Phi) is 12.6. The van der Waals surface area contributed by atoms with E-state index in [-0.39, 0.29) is 55.9 Å². The molecule has 3 unspecified atom stereocenters. The highest BCUT2D eigenvalue weighted by atomic mass is 16.5. The van der Waals surface area contributed by atoms with Gasteiger partial charge in [-0.15, -0.1) is 0 Å². The van der Waals surface area contributed by atoms with Crippen molar-refractivity contribution in [3.8, 4) is 0 Å². The fourth-order valence-electron chi connectivity index (χ4n) is 6.14. The molecule has 2 aliphatic rings. The van der Waals surface area contributed by atoms with Gasteiger partial charge in [0.2, 0.25) is 11.8 Å². The normalized spacial score (nSPS) is 22.4. The van der Waals surface area contributed by atoms with Crippen molar-refractivity contribution in [1.29, 1.82) is 0 Å². The number of allylic oxidation sites excluding steroid dienone is 2. The van der Waals surface area contributed by atoms with Gasteiger partial charge >= 0.3 is 5.97 Å². The van der Waals surface area contributed by atoms with E-state index < -0.39 is 5.92 Å². The van der Waals surface area contributed by atoms with Gasteiger partial charge in [-0.2, -0.15) is 0 Å². The molecule has 1 fully saturated rings. The molecule has 0 spiro atoms. The first kappa shape index (κ1) is 31.5. The van der Waals surface area contributed by atoms with E-state index in [2.05, 4.69) is 5.32 Å². The van der Waals surface area contributed by atoms with Crippen molar-refractivity contribution < 1.29 is 24.2 Å². The Morgan fingerprint density at radius 2 is 1.52 bits per heavy atom. The van der Waals surface area contributed by atoms with E-state index in [1.54, 1.807) is 4.90 Å². The molecule has 0 aromatic heterocycles. The van der Waals surface area contributed by atoms with Gasteiger partial charge < -0.3 is 20.1 Å². The SMILES string of the molecule is O=C1NC(CC2CCCCC2)COC(=O)C(Cc2ccccc2)CC=CCC1CC(=O)N(CCO)Cc1ccccc1. The lowest BCUT2D eigenvalue weighted by molar-refractivity contribution is -0.150. The van der Waals surface area contributed by atoms with E-state index in [0.717, 1.165) is 30.4 Å². The first-order valence-corrected chi connectivity index (χ1v) is 15.6. The summed E-state index contributed by atoms with van der Waals surface area (Å²) in [5, 5.41) is 12.8. The van der Waals surface area contributed by atoms with Gasteiger partial charge in [-0.05, 0) is 42.7 Å². The first-order valence-electron chi connectivity index (χ1n) is 15.6. The number of carbonyl (C=O) groups excluding carboxylic acids is 3. The van der Waals surface area contributed by atoms with Crippen LogP contribution >= 0.6 is 0 Å². The zero-order valence-electron chi connectivity index (χ0n) is 24.7. The van der Waals surface area contributed by atoms with Crippen LogP contribution < -0.4 is 5.32 Å². The second kappa shape index (κ2) is 16.9. The number of nitrogens with zero attached hydrogens (tertiary/aromatic N) is 1. The standard InChI is InChI=1S/C35H46N2O5/c38-21-20-37(25-29-16-8-3-9-17-29)33(39)24-30-18-10-11-19-31(22-27-12-4-1-5-13-27)35(41)42-26-32(36-34(30)40)23-28-14-6-2-7-15-28/h1,3-5,8-13,16-17,28,30-32,38H,2,6-7,14-15,18-26H2,(H,36,40). The molecule has 226 valence electrons. The van der Waals surface area contributed by atoms with Gasteiger partial charge in [0, 0.05) is 19.5 Å². The molecule has 2 amide bonds. The van der Waals surface area contributed by atoms with Gasteiger partial charge in [-0.1, -0.05) is 105 Å². The van der Waals surface area contributed by atoms with Crippen molar-refractivity contribution in [2.45, 2.75) is 76.8 Å². The van der Waals surface area contributed by atoms with Crippen LogP contribution in [0, 0.1) is 17.8 Å². The molecule has 1 aliphatic heterocycles. The third kappa shape index (κ3) is 10.1. The van der Waals surface area contributed by atoms with E-state index in [1.807, 2.05) is 72.8 Å². The van der Waals surface area contributed by atoms with Crippen molar-refractivity contribution in [2.24, 2.45) is 17.8 Å². The minimum atomic E-state index is -0.553. The van der Waals surface area contributed by atoms with Gasteiger partial charge in [0.15, 0.2) is 0 Å². The zero-order chi connectivity index (χ0) is 29.6. The number of nitrogens with one attached hydrogen (secondary N) is 1. The Hall–Kier alpha value is -3.45. The van der Waals surface area contributed by atoms with Crippen LogP contribution in [0.3, 0.4) is 0 Å². The number of benzene rings is 2. The molecule has 0 saturated heterocycles. The molecular formula is C35H46N2O5. The number of hydrogen-bond acceptors (Lipinski definition) is 5.